The number of allylic oxidation sites excluding steroid dienone is 2. The van der Waals surface area contributed by atoms with Crippen LogP contribution in [0, 0.1) is 28.1 Å². The van der Waals surface area contributed by atoms with Crippen LogP contribution in [0.2, 0.25) is 0 Å². The molecule has 0 unspecified atom stereocenters. The third-order valence-electron chi connectivity index (χ3n) is 10.0. The summed E-state index contributed by atoms with van der Waals surface area (Å²) in [6.07, 6.45) is 0.198. The summed E-state index contributed by atoms with van der Waals surface area (Å²) in [6.45, 7) is 5.51. The second kappa shape index (κ2) is 9.67. The van der Waals surface area contributed by atoms with Gasteiger partial charge in [-0.15, -0.1) is 0 Å². The Balaban J connectivity index is 1.44. The summed E-state index contributed by atoms with van der Waals surface area (Å²) in [7, 11) is 0. The smallest absolute Gasteiger partial charge is 0.309 e. The van der Waals surface area contributed by atoms with E-state index in [9.17, 15) is 35.4 Å². The standard InChI is InChI=1S/C26H42O9/c1-24(18(28)13-34-22-21(31)20(30)19(29)16(12-27)35-22)10-7-15-14(11-24)5-6-17-25(15,2)8-4-9-26(17,3)23(32)33/h5,15-22,27-31H,4,6-13H2,1-3H3,(H,32,33)/t15-,16+,17+,18+,19+,20-,21-,22-,24-,25+,26-/m0/s1. The minimum atomic E-state index is -1.53. The maximum Gasteiger partial charge on any atom is 0.309 e. The van der Waals surface area contributed by atoms with Crippen molar-refractivity contribution in [3.63, 3.8) is 0 Å². The first kappa shape index (κ1) is 27.0. The molecule has 0 bridgehead atoms. The third kappa shape index (κ3) is 4.47. The fraction of sp³-hybridized carbons (Fsp3) is 0.885. The Morgan fingerprint density at radius 3 is 2.51 bits per heavy atom. The monoisotopic (exact) mass is 498 g/mol. The van der Waals surface area contributed by atoms with E-state index in [1.54, 1.807) is 0 Å². The number of rotatable bonds is 6. The van der Waals surface area contributed by atoms with E-state index in [2.05, 4.69) is 13.0 Å². The van der Waals surface area contributed by atoms with Crippen molar-refractivity contribution in [3.05, 3.63) is 11.6 Å². The molecule has 0 aromatic heterocycles. The van der Waals surface area contributed by atoms with E-state index >= 15 is 0 Å². The molecule has 11 atom stereocenters. The molecule has 0 aromatic carbocycles. The first-order valence-electron chi connectivity index (χ1n) is 12.9. The SMILES string of the molecule is C[C@]1([C@H](O)CO[C@H]2O[C@H](CO)[C@@H](O)[C@H](O)[C@@H]2O)CC[C@H]2C(=CC[C@@H]3[C@]2(C)CCC[C@]3(C)C(=O)O)C1. The van der Waals surface area contributed by atoms with Gasteiger partial charge < -0.3 is 40.1 Å². The van der Waals surface area contributed by atoms with Crippen molar-refractivity contribution in [2.75, 3.05) is 13.2 Å². The van der Waals surface area contributed by atoms with Crippen LogP contribution in [0.15, 0.2) is 11.6 Å². The Bertz CT molecular complexity index is 830. The Hall–Kier alpha value is -1.07. The van der Waals surface area contributed by atoms with Gasteiger partial charge in [-0.3, -0.25) is 4.79 Å². The lowest BCUT2D eigenvalue weighted by molar-refractivity contribution is -0.306. The summed E-state index contributed by atoms with van der Waals surface area (Å²) in [5, 5.41) is 60.6. The molecule has 4 aliphatic rings. The first-order valence-corrected chi connectivity index (χ1v) is 12.9. The van der Waals surface area contributed by atoms with Gasteiger partial charge in [-0.1, -0.05) is 31.9 Å². The second-order valence-corrected chi connectivity index (χ2v) is 12.1. The first-order chi connectivity index (χ1) is 16.4. The summed E-state index contributed by atoms with van der Waals surface area (Å²) in [4.78, 5) is 12.2. The number of carboxylic acid groups (broad SMARTS) is 1. The lowest BCUT2D eigenvalue weighted by Crippen LogP contribution is -2.59. The average Bonchev–Trinajstić information content (AvgIpc) is 2.81. The Kier molecular flexibility index (Phi) is 7.45. The topological polar surface area (TPSA) is 157 Å². The van der Waals surface area contributed by atoms with Crippen molar-refractivity contribution in [2.24, 2.45) is 28.1 Å². The van der Waals surface area contributed by atoms with Crippen molar-refractivity contribution in [1.82, 2.24) is 0 Å². The zero-order valence-electron chi connectivity index (χ0n) is 21.0. The molecule has 35 heavy (non-hydrogen) atoms. The van der Waals surface area contributed by atoms with E-state index in [1.807, 2.05) is 13.8 Å². The zero-order chi connectivity index (χ0) is 25.8. The number of aliphatic hydroxyl groups is 5. The summed E-state index contributed by atoms with van der Waals surface area (Å²) < 4.78 is 11.0. The lowest BCUT2D eigenvalue weighted by atomic mass is 9.45. The molecule has 4 rings (SSSR count). The molecule has 6 N–H and O–H groups in total. The minimum Gasteiger partial charge on any atom is -0.481 e. The number of aliphatic carboxylic acids is 1. The van der Waals surface area contributed by atoms with Crippen molar-refractivity contribution in [1.29, 1.82) is 0 Å². The van der Waals surface area contributed by atoms with Crippen LogP contribution in [0.3, 0.4) is 0 Å². The third-order valence-corrected chi connectivity index (χ3v) is 10.0. The molecule has 0 spiro atoms. The van der Waals surface area contributed by atoms with E-state index in [0.717, 1.165) is 32.1 Å². The number of carbonyl (C=O) groups is 1. The molecule has 0 aromatic rings. The van der Waals surface area contributed by atoms with Crippen LogP contribution in [-0.2, 0) is 14.3 Å². The van der Waals surface area contributed by atoms with Gasteiger partial charge in [0.1, 0.15) is 24.4 Å². The van der Waals surface area contributed by atoms with E-state index in [0.29, 0.717) is 18.8 Å². The quantitative estimate of drug-likeness (QED) is 0.296. The van der Waals surface area contributed by atoms with Gasteiger partial charge in [-0.2, -0.15) is 0 Å². The number of hydrogen-bond donors (Lipinski definition) is 6. The predicted octanol–water partition coefficient (Wildman–Crippen LogP) is 1.20. The highest BCUT2D eigenvalue weighted by atomic mass is 16.7. The molecule has 0 amide bonds. The molecule has 0 radical (unpaired) electrons. The Morgan fingerprint density at radius 2 is 1.86 bits per heavy atom. The van der Waals surface area contributed by atoms with Crippen molar-refractivity contribution >= 4 is 5.97 Å². The number of fused-ring (bicyclic) bond motifs is 3. The highest BCUT2D eigenvalue weighted by Crippen LogP contribution is 2.64. The van der Waals surface area contributed by atoms with Crippen LogP contribution < -0.4 is 0 Å². The molecular weight excluding hydrogens is 456 g/mol. The van der Waals surface area contributed by atoms with E-state index in [1.165, 1.54) is 5.57 Å². The van der Waals surface area contributed by atoms with Crippen molar-refractivity contribution in [3.8, 4) is 0 Å². The molecule has 2 saturated carbocycles. The van der Waals surface area contributed by atoms with Gasteiger partial charge >= 0.3 is 5.97 Å². The molecule has 200 valence electrons. The molecule has 9 heteroatoms. The highest BCUT2D eigenvalue weighted by Gasteiger charge is 2.58. The Labute approximate surface area is 206 Å². The minimum absolute atomic E-state index is 0.0748. The van der Waals surface area contributed by atoms with Gasteiger partial charge in [-0.25, -0.2) is 0 Å². The van der Waals surface area contributed by atoms with Crippen LogP contribution in [0.25, 0.3) is 0 Å². The van der Waals surface area contributed by atoms with Gasteiger partial charge in [0, 0.05) is 0 Å². The van der Waals surface area contributed by atoms with E-state index in [4.69, 9.17) is 9.47 Å². The number of carboxylic acids is 1. The average molecular weight is 499 g/mol. The van der Waals surface area contributed by atoms with Crippen molar-refractivity contribution < 1.29 is 44.9 Å². The van der Waals surface area contributed by atoms with Gasteiger partial charge in [0.25, 0.3) is 0 Å². The fourth-order valence-corrected chi connectivity index (χ4v) is 7.57. The van der Waals surface area contributed by atoms with Crippen LogP contribution in [0.1, 0.15) is 65.7 Å². The largest absolute Gasteiger partial charge is 0.481 e. The normalized spacial score (nSPS) is 48.9. The second-order valence-electron chi connectivity index (χ2n) is 12.1. The van der Waals surface area contributed by atoms with Gasteiger partial charge in [0.2, 0.25) is 0 Å². The maximum atomic E-state index is 12.2. The van der Waals surface area contributed by atoms with Gasteiger partial charge in [-0.05, 0) is 68.1 Å². The zero-order valence-corrected chi connectivity index (χ0v) is 21.0. The van der Waals surface area contributed by atoms with E-state index < -0.39 is 60.2 Å². The molecule has 3 aliphatic carbocycles. The van der Waals surface area contributed by atoms with Crippen LogP contribution in [-0.4, -0.2) is 86.6 Å². The summed E-state index contributed by atoms with van der Waals surface area (Å²) in [5.74, 6) is -0.308. The van der Waals surface area contributed by atoms with Crippen LogP contribution in [0.5, 0.6) is 0 Å². The van der Waals surface area contributed by atoms with Gasteiger partial charge in [0.05, 0.1) is 24.7 Å². The predicted molar refractivity (Wildman–Crippen MR) is 125 cm³/mol. The van der Waals surface area contributed by atoms with E-state index in [-0.39, 0.29) is 17.9 Å². The Morgan fingerprint density at radius 1 is 1.14 bits per heavy atom. The molecule has 3 fully saturated rings. The number of ether oxygens (including phenoxy) is 2. The molecule has 1 saturated heterocycles. The summed E-state index contributed by atoms with van der Waals surface area (Å²) in [5.41, 5.74) is 0.0344. The molecule has 9 nitrogen and oxygen atoms in total. The fourth-order valence-electron chi connectivity index (χ4n) is 7.57. The molecule has 1 aliphatic heterocycles. The summed E-state index contributed by atoms with van der Waals surface area (Å²) >= 11 is 0. The molecule has 1 heterocycles. The van der Waals surface area contributed by atoms with Crippen molar-refractivity contribution in [2.45, 2.75) is 103 Å². The van der Waals surface area contributed by atoms with Gasteiger partial charge in [0.15, 0.2) is 6.29 Å². The number of hydrogen-bond acceptors (Lipinski definition) is 8. The number of aliphatic hydroxyl groups excluding tert-OH is 5. The summed E-state index contributed by atoms with van der Waals surface area (Å²) in [6, 6.07) is 0. The van der Waals surface area contributed by atoms with Crippen LogP contribution >= 0.6 is 0 Å². The molecular formula is C26H42O9. The highest BCUT2D eigenvalue weighted by molar-refractivity contribution is 5.75. The van der Waals surface area contributed by atoms with Crippen LogP contribution in [0.4, 0.5) is 0 Å². The lowest BCUT2D eigenvalue weighted by Gasteiger charge is -2.59. The maximum absolute atomic E-state index is 12.2.